The standard InChI is InChI=1S/C44H35BN2/c1-44(2,3)33-24-26-34(27-25-33)46-40-22-12-10-20-38(40)45-43-36(19-13-23-41(43)46)35-18-9-11-21-39(35)47(45)42-29-32-17-8-7-16-31(32)28-37(42)30-14-5-4-6-15-30/h4-29H,1-3H3. The Morgan fingerprint density at radius 3 is 1.85 bits per heavy atom. The van der Waals surface area contributed by atoms with Gasteiger partial charge in [0.1, 0.15) is 0 Å². The molecule has 3 heteroatoms. The van der Waals surface area contributed by atoms with Crippen LogP contribution in [0, 0.1) is 0 Å². The first-order chi connectivity index (χ1) is 23.0. The van der Waals surface area contributed by atoms with Gasteiger partial charge in [0, 0.05) is 39.6 Å². The molecule has 0 saturated heterocycles. The van der Waals surface area contributed by atoms with Crippen LogP contribution in [0.4, 0.5) is 28.4 Å². The van der Waals surface area contributed by atoms with Gasteiger partial charge in [-0.25, -0.2) is 0 Å². The lowest BCUT2D eigenvalue weighted by atomic mass is 9.43. The zero-order valence-corrected chi connectivity index (χ0v) is 27.0. The van der Waals surface area contributed by atoms with Crippen LogP contribution in [0.5, 0.6) is 0 Å². The van der Waals surface area contributed by atoms with Crippen molar-refractivity contribution in [1.82, 2.24) is 0 Å². The highest BCUT2D eigenvalue weighted by Gasteiger charge is 2.45. The Morgan fingerprint density at radius 1 is 0.468 bits per heavy atom. The Kier molecular flexibility index (Phi) is 6.20. The molecule has 2 heterocycles. The minimum Gasteiger partial charge on any atom is -0.376 e. The van der Waals surface area contributed by atoms with Crippen LogP contribution in [0.15, 0.2) is 158 Å². The van der Waals surface area contributed by atoms with Crippen LogP contribution in [0.2, 0.25) is 0 Å². The summed E-state index contributed by atoms with van der Waals surface area (Å²) in [6.07, 6.45) is 0. The van der Waals surface area contributed by atoms with Crippen molar-refractivity contribution in [2.24, 2.45) is 0 Å². The third-order valence-electron chi connectivity index (χ3n) is 9.98. The molecule has 2 nitrogen and oxygen atoms in total. The van der Waals surface area contributed by atoms with Crippen molar-refractivity contribution in [1.29, 1.82) is 0 Å². The number of rotatable bonds is 3. The zero-order chi connectivity index (χ0) is 31.7. The summed E-state index contributed by atoms with van der Waals surface area (Å²) in [6.45, 7) is 6.82. The molecule has 7 aromatic rings. The van der Waals surface area contributed by atoms with Crippen molar-refractivity contribution in [2.45, 2.75) is 26.2 Å². The van der Waals surface area contributed by atoms with E-state index in [1.54, 1.807) is 0 Å². The molecular formula is C44H35BN2. The van der Waals surface area contributed by atoms with E-state index >= 15 is 0 Å². The van der Waals surface area contributed by atoms with Gasteiger partial charge >= 0.3 is 6.85 Å². The van der Waals surface area contributed by atoms with Gasteiger partial charge in [0.05, 0.1) is 0 Å². The highest BCUT2D eigenvalue weighted by Crippen LogP contribution is 2.48. The molecule has 47 heavy (non-hydrogen) atoms. The molecule has 224 valence electrons. The minimum absolute atomic E-state index is 0.0129. The van der Waals surface area contributed by atoms with Gasteiger partial charge in [-0.05, 0) is 86.3 Å². The van der Waals surface area contributed by atoms with Crippen LogP contribution >= 0.6 is 0 Å². The van der Waals surface area contributed by atoms with Gasteiger partial charge in [-0.1, -0.05) is 136 Å². The van der Waals surface area contributed by atoms with Crippen LogP contribution in [0.25, 0.3) is 33.0 Å². The Balaban J connectivity index is 1.35. The minimum atomic E-state index is -0.0129. The second-order valence-electron chi connectivity index (χ2n) is 13.8. The smallest absolute Gasteiger partial charge is 0.333 e. The van der Waals surface area contributed by atoms with Gasteiger partial charge in [0.15, 0.2) is 0 Å². The predicted octanol–water partition coefficient (Wildman–Crippen LogP) is 10.5. The van der Waals surface area contributed by atoms with E-state index < -0.39 is 0 Å². The molecule has 0 unspecified atom stereocenters. The van der Waals surface area contributed by atoms with Gasteiger partial charge in [0.2, 0.25) is 0 Å². The molecule has 0 spiro atoms. The largest absolute Gasteiger partial charge is 0.376 e. The highest BCUT2D eigenvalue weighted by atomic mass is 15.2. The average Bonchev–Trinajstić information content (AvgIpc) is 3.11. The zero-order valence-electron chi connectivity index (χ0n) is 27.0. The molecule has 9 rings (SSSR count). The molecule has 2 aliphatic rings. The molecule has 0 aromatic heterocycles. The van der Waals surface area contributed by atoms with Gasteiger partial charge in [-0.3, -0.25) is 0 Å². The van der Waals surface area contributed by atoms with Crippen molar-refractivity contribution < 1.29 is 0 Å². The summed E-state index contributed by atoms with van der Waals surface area (Å²) in [5, 5.41) is 2.49. The van der Waals surface area contributed by atoms with E-state index in [1.165, 1.54) is 78.0 Å². The average molecular weight is 603 g/mol. The summed E-state index contributed by atoms with van der Waals surface area (Å²) < 4.78 is 0. The van der Waals surface area contributed by atoms with Gasteiger partial charge in [-0.15, -0.1) is 0 Å². The van der Waals surface area contributed by atoms with Crippen molar-refractivity contribution >= 4 is 57.0 Å². The van der Waals surface area contributed by atoms with Crippen molar-refractivity contribution in [2.75, 3.05) is 9.71 Å². The fraction of sp³-hybridized carbons (Fsp3) is 0.0909. The van der Waals surface area contributed by atoms with Crippen molar-refractivity contribution in [3.8, 4) is 22.3 Å². The number of para-hydroxylation sites is 2. The van der Waals surface area contributed by atoms with E-state index in [9.17, 15) is 0 Å². The van der Waals surface area contributed by atoms with Crippen LogP contribution in [-0.4, -0.2) is 6.85 Å². The molecule has 7 aromatic carbocycles. The predicted molar refractivity (Wildman–Crippen MR) is 202 cm³/mol. The molecule has 0 atom stereocenters. The molecule has 0 bridgehead atoms. The third kappa shape index (κ3) is 4.34. The number of hydrogen-bond acceptors (Lipinski definition) is 2. The molecule has 0 amide bonds. The summed E-state index contributed by atoms with van der Waals surface area (Å²) >= 11 is 0. The maximum atomic E-state index is 2.62. The van der Waals surface area contributed by atoms with E-state index in [-0.39, 0.29) is 12.3 Å². The van der Waals surface area contributed by atoms with Crippen LogP contribution < -0.4 is 20.6 Å². The fourth-order valence-corrected chi connectivity index (χ4v) is 7.73. The number of fused-ring (bicyclic) bond motifs is 5. The number of anilines is 5. The second-order valence-corrected chi connectivity index (χ2v) is 13.8. The van der Waals surface area contributed by atoms with E-state index in [2.05, 4.69) is 188 Å². The fourth-order valence-electron chi connectivity index (χ4n) is 7.73. The van der Waals surface area contributed by atoms with E-state index in [1.807, 2.05) is 0 Å². The maximum Gasteiger partial charge on any atom is 0.333 e. The summed E-state index contributed by atoms with van der Waals surface area (Å²) in [7, 11) is 0. The number of benzene rings is 7. The van der Waals surface area contributed by atoms with Crippen molar-refractivity contribution in [3.05, 3.63) is 163 Å². The lowest BCUT2D eigenvalue weighted by Crippen LogP contribution is -2.61. The summed E-state index contributed by atoms with van der Waals surface area (Å²) in [6, 6.07) is 58.4. The number of hydrogen-bond donors (Lipinski definition) is 0. The van der Waals surface area contributed by atoms with Gasteiger partial charge in [0.25, 0.3) is 0 Å². The topological polar surface area (TPSA) is 6.48 Å². The summed E-state index contributed by atoms with van der Waals surface area (Å²) in [5.74, 6) is 0. The first-order valence-corrected chi connectivity index (χ1v) is 16.6. The van der Waals surface area contributed by atoms with Crippen LogP contribution in [0.1, 0.15) is 26.3 Å². The lowest BCUT2D eigenvalue weighted by Gasteiger charge is -2.46. The Morgan fingerprint density at radius 2 is 1.09 bits per heavy atom. The molecule has 0 fully saturated rings. The maximum absolute atomic E-state index is 2.62. The highest BCUT2D eigenvalue weighted by molar-refractivity contribution is 6.93. The molecule has 0 aliphatic carbocycles. The van der Waals surface area contributed by atoms with E-state index in [0.717, 1.165) is 0 Å². The van der Waals surface area contributed by atoms with Crippen LogP contribution in [-0.2, 0) is 5.41 Å². The summed E-state index contributed by atoms with van der Waals surface area (Å²) in [4.78, 5) is 5.09. The summed E-state index contributed by atoms with van der Waals surface area (Å²) in [5.41, 5.74) is 15.2. The molecular weight excluding hydrogens is 567 g/mol. The molecule has 0 N–H and O–H groups in total. The Hall–Kier alpha value is -5.54. The normalized spacial score (nSPS) is 13.3. The third-order valence-corrected chi connectivity index (χ3v) is 9.98. The first-order valence-electron chi connectivity index (χ1n) is 16.6. The monoisotopic (exact) mass is 602 g/mol. The second kappa shape index (κ2) is 10.5. The van der Waals surface area contributed by atoms with Gasteiger partial charge in [-0.2, -0.15) is 0 Å². The lowest BCUT2D eigenvalue weighted by molar-refractivity contribution is 0.590. The van der Waals surface area contributed by atoms with E-state index in [0.29, 0.717) is 0 Å². The van der Waals surface area contributed by atoms with Crippen LogP contribution in [0.3, 0.4) is 0 Å². The van der Waals surface area contributed by atoms with E-state index in [4.69, 9.17) is 0 Å². The van der Waals surface area contributed by atoms with Crippen molar-refractivity contribution in [3.63, 3.8) is 0 Å². The Bertz CT molecular complexity index is 2300. The Labute approximate surface area is 277 Å². The number of nitrogens with zero attached hydrogens (tertiary/aromatic N) is 2. The SMILES string of the molecule is CC(C)(C)c1ccc(N2c3ccccc3B3c4c(cccc42)-c2ccccc2N3c2cc3ccccc3cc2-c2ccccc2)cc1. The molecule has 2 aliphatic heterocycles. The molecule has 0 saturated carbocycles. The first kappa shape index (κ1) is 27.7. The molecule has 0 radical (unpaired) electrons. The quantitative estimate of drug-likeness (QED) is 0.186. The van der Waals surface area contributed by atoms with Gasteiger partial charge < -0.3 is 9.71 Å².